The van der Waals surface area contributed by atoms with Crippen LogP contribution in [0.2, 0.25) is 0 Å². The maximum absolute atomic E-state index is 10.6. The van der Waals surface area contributed by atoms with Crippen LogP contribution in [0.4, 0.5) is 0 Å². The van der Waals surface area contributed by atoms with E-state index in [1.165, 1.54) is 6.08 Å². The summed E-state index contributed by atoms with van der Waals surface area (Å²) >= 11 is 0. The van der Waals surface area contributed by atoms with Gasteiger partial charge >= 0.3 is 5.97 Å². The first kappa shape index (κ1) is 16.8. The largest absolute Gasteiger partial charge is 0.478 e. The highest BCUT2D eigenvalue weighted by Gasteiger charge is 2.10. The lowest BCUT2D eigenvalue weighted by atomic mass is 10.1. The van der Waals surface area contributed by atoms with Crippen LogP contribution in [-0.4, -0.2) is 22.5 Å². The number of aliphatic carboxylic acids is 1. The highest BCUT2D eigenvalue weighted by molar-refractivity contribution is 5.87. The number of hydrogen-bond donors (Lipinski definition) is 2. The minimum atomic E-state index is -0.845. The van der Waals surface area contributed by atoms with E-state index in [4.69, 9.17) is 5.11 Å². The molecule has 16 heavy (non-hydrogen) atoms. The summed E-state index contributed by atoms with van der Waals surface area (Å²) in [7, 11) is 0. The predicted octanol–water partition coefficient (Wildman–Crippen LogP) is 2.12. The van der Waals surface area contributed by atoms with Crippen molar-refractivity contribution in [2.75, 3.05) is 0 Å². The SMILES string of the molecule is C=CC(=O)NC(C)(C)C.CC=C(C)C(=O)O. The normalized spacial score (nSPS) is 10.9. The standard InChI is InChI=1S/C7H13NO.C5H8O2/c1-5-6(9)8-7(2,3)4;1-3-4(2)5(6)7/h5H,1H2,2-4H3,(H,8,9);3H,1-2H3,(H,6,7). The van der Waals surface area contributed by atoms with E-state index in [1.54, 1.807) is 19.9 Å². The molecule has 0 heterocycles. The number of carboxylic acids is 1. The minimum absolute atomic E-state index is 0.123. The van der Waals surface area contributed by atoms with Gasteiger partial charge in [0.15, 0.2) is 0 Å². The van der Waals surface area contributed by atoms with Crippen LogP contribution in [0.5, 0.6) is 0 Å². The van der Waals surface area contributed by atoms with Gasteiger partial charge in [0.2, 0.25) is 5.91 Å². The second-order valence-electron chi connectivity index (χ2n) is 4.22. The van der Waals surface area contributed by atoms with E-state index in [0.717, 1.165) is 0 Å². The molecule has 0 rings (SSSR count). The Kier molecular flexibility index (Phi) is 8.08. The van der Waals surface area contributed by atoms with E-state index in [-0.39, 0.29) is 11.4 Å². The van der Waals surface area contributed by atoms with Crippen LogP contribution in [0, 0.1) is 0 Å². The Bertz CT molecular complexity index is 285. The fraction of sp³-hybridized carbons (Fsp3) is 0.500. The number of rotatable bonds is 2. The minimum Gasteiger partial charge on any atom is -0.478 e. The monoisotopic (exact) mass is 227 g/mol. The molecule has 0 saturated carbocycles. The molecule has 0 radical (unpaired) electrons. The molecule has 0 unspecified atom stereocenters. The lowest BCUT2D eigenvalue weighted by Gasteiger charge is -2.18. The van der Waals surface area contributed by atoms with Gasteiger partial charge in [0.25, 0.3) is 0 Å². The van der Waals surface area contributed by atoms with Gasteiger partial charge in [0, 0.05) is 11.1 Å². The molecule has 2 N–H and O–H groups in total. The molecule has 0 aromatic rings. The van der Waals surface area contributed by atoms with Crippen molar-refractivity contribution in [2.45, 2.75) is 40.2 Å². The number of hydrogen-bond acceptors (Lipinski definition) is 2. The molecule has 0 atom stereocenters. The third kappa shape index (κ3) is 12.4. The second-order valence-corrected chi connectivity index (χ2v) is 4.22. The van der Waals surface area contributed by atoms with E-state index in [0.29, 0.717) is 5.57 Å². The summed E-state index contributed by atoms with van der Waals surface area (Å²) in [6.07, 6.45) is 2.83. The van der Waals surface area contributed by atoms with E-state index < -0.39 is 5.97 Å². The summed E-state index contributed by atoms with van der Waals surface area (Å²) in [5.74, 6) is -0.968. The highest BCUT2D eigenvalue weighted by Crippen LogP contribution is 1.97. The molecule has 0 aliphatic rings. The van der Waals surface area contributed by atoms with Gasteiger partial charge in [-0.1, -0.05) is 12.7 Å². The zero-order chi connectivity index (χ0) is 13.4. The van der Waals surface area contributed by atoms with E-state index >= 15 is 0 Å². The van der Waals surface area contributed by atoms with Gasteiger partial charge in [0.1, 0.15) is 0 Å². The van der Waals surface area contributed by atoms with Gasteiger partial charge in [-0.3, -0.25) is 4.79 Å². The Morgan fingerprint density at radius 3 is 1.81 bits per heavy atom. The Morgan fingerprint density at radius 2 is 1.75 bits per heavy atom. The highest BCUT2D eigenvalue weighted by atomic mass is 16.4. The van der Waals surface area contributed by atoms with Gasteiger partial charge in [-0.15, -0.1) is 0 Å². The Labute approximate surface area is 97.0 Å². The zero-order valence-electron chi connectivity index (χ0n) is 10.6. The maximum Gasteiger partial charge on any atom is 0.330 e. The average molecular weight is 227 g/mol. The molecule has 0 fully saturated rings. The Hall–Kier alpha value is -1.58. The first-order valence-corrected chi connectivity index (χ1v) is 4.94. The molecule has 92 valence electrons. The molecular weight excluding hydrogens is 206 g/mol. The topological polar surface area (TPSA) is 66.4 Å². The molecule has 0 saturated heterocycles. The van der Waals surface area contributed by atoms with Crippen LogP contribution >= 0.6 is 0 Å². The van der Waals surface area contributed by atoms with Gasteiger partial charge < -0.3 is 10.4 Å². The van der Waals surface area contributed by atoms with Crippen LogP contribution in [0.25, 0.3) is 0 Å². The molecule has 0 aromatic heterocycles. The van der Waals surface area contributed by atoms with Gasteiger partial charge in [0.05, 0.1) is 0 Å². The van der Waals surface area contributed by atoms with Crippen LogP contribution < -0.4 is 5.32 Å². The maximum atomic E-state index is 10.6. The van der Waals surface area contributed by atoms with Crippen LogP contribution in [0.1, 0.15) is 34.6 Å². The number of amides is 1. The van der Waals surface area contributed by atoms with Crippen molar-refractivity contribution >= 4 is 11.9 Å². The van der Waals surface area contributed by atoms with Crippen LogP contribution in [-0.2, 0) is 9.59 Å². The Morgan fingerprint density at radius 1 is 1.31 bits per heavy atom. The molecule has 0 aliphatic heterocycles. The van der Waals surface area contributed by atoms with Gasteiger partial charge in [-0.25, -0.2) is 4.79 Å². The lowest BCUT2D eigenvalue weighted by Crippen LogP contribution is -2.39. The lowest BCUT2D eigenvalue weighted by molar-refractivity contribution is -0.132. The van der Waals surface area contributed by atoms with Crippen molar-refractivity contribution in [3.05, 3.63) is 24.3 Å². The summed E-state index contributed by atoms with van der Waals surface area (Å²) in [5.41, 5.74) is 0.241. The van der Waals surface area contributed by atoms with E-state index in [1.807, 2.05) is 20.8 Å². The fourth-order valence-corrected chi connectivity index (χ4v) is 0.544. The van der Waals surface area contributed by atoms with E-state index in [9.17, 15) is 9.59 Å². The molecule has 0 bridgehead atoms. The van der Waals surface area contributed by atoms with Crippen molar-refractivity contribution < 1.29 is 14.7 Å². The molecule has 0 aliphatic carbocycles. The quantitative estimate of drug-likeness (QED) is 0.710. The molecular formula is C12H21NO3. The number of carbonyl (C=O) groups excluding carboxylic acids is 1. The summed E-state index contributed by atoms with van der Waals surface area (Å²) < 4.78 is 0. The van der Waals surface area contributed by atoms with Crippen molar-refractivity contribution in [3.63, 3.8) is 0 Å². The van der Waals surface area contributed by atoms with Crippen molar-refractivity contribution in [1.82, 2.24) is 5.32 Å². The summed E-state index contributed by atoms with van der Waals surface area (Å²) in [4.78, 5) is 20.5. The van der Waals surface area contributed by atoms with Crippen molar-refractivity contribution in [2.24, 2.45) is 0 Å². The van der Waals surface area contributed by atoms with Crippen molar-refractivity contribution in [1.29, 1.82) is 0 Å². The van der Waals surface area contributed by atoms with E-state index in [2.05, 4.69) is 11.9 Å². The number of nitrogens with one attached hydrogen (secondary N) is 1. The van der Waals surface area contributed by atoms with Crippen LogP contribution in [0.15, 0.2) is 24.3 Å². The predicted molar refractivity (Wildman–Crippen MR) is 65.2 cm³/mol. The molecule has 0 aromatic carbocycles. The molecule has 4 heteroatoms. The first-order valence-electron chi connectivity index (χ1n) is 4.94. The van der Waals surface area contributed by atoms with Gasteiger partial charge in [-0.2, -0.15) is 0 Å². The second kappa shape index (κ2) is 7.68. The summed E-state index contributed by atoms with van der Waals surface area (Å²) in [5, 5.41) is 10.8. The number of allylic oxidation sites excluding steroid dienone is 1. The molecule has 1 amide bonds. The Balaban J connectivity index is 0. The average Bonchev–Trinajstić information content (AvgIpc) is 2.14. The third-order valence-electron chi connectivity index (χ3n) is 1.45. The summed E-state index contributed by atoms with van der Waals surface area (Å²) in [6, 6.07) is 0. The van der Waals surface area contributed by atoms with Gasteiger partial charge in [-0.05, 0) is 40.7 Å². The number of carboxylic acid groups (broad SMARTS) is 1. The first-order chi connectivity index (χ1) is 7.14. The smallest absolute Gasteiger partial charge is 0.330 e. The number of carbonyl (C=O) groups is 2. The third-order valence-corrected chi connectivity index (χ3v) is 1.45. The van der Waals surface area contributed by atoms with Crippen molar-refractivity contribution in [3.8, 4) is 0 Å². The zero-order valence-corrected chi connectivity index (χ0v) is 10.6. The molecule has 0 spiro atoms. The summed E-state index contributed by atoms with van der Waals surface area (Å²) in [6.45, 7) is 12.4. The van der Waals surface area contributed by atoms with Crippen LogP contribution in [0.3, 0.4) is 0 Å². The molecule has 4 nitrogen and oxygen atoms in total. The fourth-order valence-electron chi connectivity index (χ4n) is 0.544.